The number of aromatic nitrogens is 3. The third-order valence-corrected chi connectivity index (χ3v) is 2.94. The number of nitrogens with two attached hydrogens (primary N) is 1. The molecule has 0 bridgehead atoms. The van der Waals surface area contributed by atoms with Crippen LogP contribution in [0.2, 0.25) is 0 Å². The fourth-order valence-electron chi connectivity index (χ4n) is 1.93. The van der Waals surface area contributed by atoms with E-state index in [9.17, 15) is 0 Å². The van der Waals surface area contributed by atoms with Crippen LogP contribution < -0.4 is 5.73 Å². The van der Waals surface area contributed by atoms with Crippen LogP contribution in [0, 0.1) is 0 Å². The fourth-order valence-corrected chi connectivity index (χ4v) is 1.93. The van der Waals surface area contributed by atoms with Crippen LogP contribution in [0.4, 0.5) is 0 Å². The van der Waals surface area contributed by atoms with Crippen LogP contribution >= 0.6 is 0 Å². The van der Waals surface area contributed by atoms with Gasteiger partial charge in [-0.3, -0.25) is 0 Å². The predicted octanol–water partition coefficient (Wildman–Crippen LogP) is 2.26. The van der Waals surface area contributed by atoms with E-state index in [-0.39, 0.29) is 12.1 Å². The van der Waals surface area contributed by atoms with Gasteiger partial charge < -0.3 is 10.2 Å². The highest BCUT2D eigenvalue weighted by Gasteiger charge is 2.16. The summed E-state index contributed by atoms with van der Waals surface area (Å²) in [5, 5.41) is 4.20. The number of hydrogen-bond acceptors (Lipinski definition) is 4. The summed E-state index contributed by atoms with van der Waals surface area (Å²) in [6.45, 7) is 6.21. The minimum Gasteiger partial charge on any atom is -0.464 e. The predicted molar refractivity (Wildman–Crippen MR) is 69.1 cm³/mol. The van der Waals surface area contributed by atoms with Gasteiger partial charge in [0.2, 0.25) is 0 Å². The van der Waals surface area contributed by atoms with Gasteiger partial charge in [-0.25, -0.2) is 9.67 Å². The van der Waals surface area contributed by atoms with Crippen molar-refractivity contribution in [2.24, 2.45) is 5.73 Å². The molecule has 2 rings (SSSR count). The molecule has 0 radical (unpaired) electrons. The zero-order chi connectivity index (χ0) is 13.1. The van der Waals surface area contributed by atoms with Crippen molar-refractivity contribution in [3.8, 4) is 0 Å². The lowest BCUT2D eigenvalue weighted by Crippen LogP contribution is -2.17. The molecule has 0 aliphatic carbocycles. The van der Waals surface area contributed by atoms with E-state index in [0.29, 0.717) is 6.42 Å². The molecule has 0 aliphatic rings. The lowest BCUT2D eigenvalue weighted by atomic mass is 10.1. The van der Waals surface area contributed by atoms with Gasteiger partial charge >= 0.3 is 0 Å². The van der Waals surface area contributed by atoms with Gasteiger partial charge in [0.1, 0.15) is 23.7 Å². The van der Waals surface area contributed by atoms with E-state index in [1.165, 1.54) is 0 Å². The standard InChI is InChI=1S/C13H20N4O/c1-4-10-5-6-12(18-10)11(14)7-13-15-8-16-17(13)9(2)3/h5-6,8-9,11H,4,7,14H2,1-3H3. The lowest BCUT2D eigenvalue weighted by molar-refractivity contribution is 0.421. The minimum atomic E-state index is -0.174. The van der Waals surface area contributed by atoms with E-state index >= 15 is 0 Å². The van der Waals surface area contributed by atoms with Gasteiger partial charge in [-0.15, -0.1) is 0 Å². The second-order valence-electron chi connectivity index (χ2n) is 4.68. The van der Waals surface area contributed by atoms with Crippen molar-refractivity contribution >= 4 is 0 Å². The molecule has 2 N–H and O–H groups in total. The second-order valence-corrected chi connectivity index (χ2v) is 4.68. The number of hydrogen-bond donors (Lipinski definition) is 1. The maximum absolute atomic E-state index is 6.15. The maximum Gasteiger partial charge on any atom is 0.138 e. The van der Waals surface area contributed by atoms with Gasteiger partial charge in [0.05, 0.1) is 6.04 Å². The highest BCUT2D eigenvalue weighted by molar-refractivity contribution is 5.12. The Bertz CT molecular complexity index is 501. The van der Waals surface area contributed by atoms with Gasteiger partial charge in [0.15, 0.2) is 0 Å². The topological polar surface area (TPSA) is 69.9 Å². The number of nitrogens with zero attached hydrogens (tertiary/aromatic N) is 3. The summed E-state index contributed by atoms with van der Waals surface area (Å²) in [4.78, 5) is 4.26. The summed E-state index contributed by atoms with van der Waals surface area (Å²) in [6, 6.07) is 4.03. The molecule has 2 aromatic rings. The molecule has 0 saturated carbocycles. The summed E-state index contributed by atoms with van der Waals surface area (Å²) < 4.78 is 7.55. The van der Waals surface area contributed by atoms with Gasteiger partial charge in [0.25, 0.3) is 0 Å². The summed E-state index contributed by atoms with van der Waals surface area (Å²) in [6.07, 6.45) is 3.09. The molecule has 0 aliphatic heterocycles. The summed E-state index contributed by atoms with van der Waals surface area (Å²) in [7, 11) is 0. The molecule has 0 spiro atoms. The van der Waals surface area contributed by atoms with Crippen LogP contribution in [0.3, 0.4) is 0 Å². The second kappa shape index (κ2) is 5.35. The molecule has 98 valence electrons. The molecule has 2 heterocycles. The van der Waals surface area contributed by atoms with Crippen molar-refractivity contribution in [2.75, 3.05) is 0 Å². The van der Waals surface area contributed by atoms with E-state index in [2.05, 4.69) is 30.9 Å². The van der Waals surface area contributed by atoms with Crippen molar-refractivity contribution in [3.05, 3.63) is 35.8 Å². The normalized spacial score (nSPS) is 13.2. The minimum absolute atomic E-state index is 0.174. The Morgan fingerprint density at radius 2 is 2.17 bits per heavy atom. The average Bonchev–Trinajstić information content (AvgIpc) is 2.96. The first-order valence-electron chi connectivity index (χ1n) is 6.34. The molecule has 5 heteroatoms. The summed E-state index contributed by atoms with van der Waals surface area (Å²) >= 11 is 0. The number of aryl methyl sites for hydroxylation is 1. The highest BCUT2D eigenvalue weighted by Crippen LogP contribution is 2.19. The first-order valence-corrected chi connectivity index (χ1v) is 6.34. The molecule has 1 unspecified atom stereocenters. The number of furan rings is 1. The molecular formula is C13H20N4O. The Balaban J connectivity index is 2.11. The monoisotopic (exact) mass is 248 g/mol. The van der Waals surface area contributed by atoms with Crippen LogP contribution in [-0.4, -0.2) is 14.8 Å². The maximum atomic E-state index is 6.15. The largest absolute Gasteiger partial charge is 0.464 e. The first kappa shape index (κ1) is 12.8. The van der Waals surface area contributed by atoms with Crippen molar-refractivity contribution in [3.63, 3.8) is 0 Å². The molecule has 0 fully saturated rings. The van der Waals surface area contributed by atoms with Crippen LogP contribution in [0.25, 0.3) is 0 Å². The Hall–Kier alpha value is -1.62. The Morgan fingerprint density at radius 3 is 2.78 bits per heavy atom. The van der Waals surface area contributed by atoms with Crippen molar-refractivity contribution in [1.82, 2.24) is 14.8 Å². The quantitative estimate of drug-likeness (QED) is 0.881. The van der Waals surface area contributed by atoms with Crippen molar-refractivity contribution in [2.45, 2.75) is 45.7 Å². The van der Waals surface area contributed by atoms with E-state index in [1.54, 1.807) is 6.33 Å². The Labute approximate surface area is 107 Å². The molecule has 18 heavy (non-hydrogen) atoms. The van der Waals surface area contributed by atoms with Gasteiger partial charge in [-0.1, -0.05) is 6.92 Å². The molecule has 0 aromatic carbocycles. The first-order chi connectivity index (χ1) is 8.61. The van der Waals surface area contributed by atoms with Gasteiger partial charge in [0, 0.05) is 18.9 Å². The molecular weight excluding hydrogens is 228 g/mol. The Kier molecular flexibility index (Phi) is 3.81. The molecule has 2 aromatic heterocycles. The third-order valence-electron chi connectivity index (χ3n) is 2.94. The van der Waals surface area contributed by atoms with E-state index in [0.717, 1.165) is 23.8 Å². The van der Waals surface area contributed by atoms with Crippen LogP contribution in [0.5, 0.6) is 0 Å². The molecule has 0 saturated heterocycles. The fraction of sp³-hybridized carbons (Fsp3) is 0.538. The van der Waals surface area contributed by atoms with Crippen LogP contribution in [0.1, 0.15) is 50.2 Å². The highest BCUT2D eigenvalue weighted by atomic mass is 16.3. The van der Waals surface area contributed by atoms with Gasteiger partial charge in [-0.2, -0.15) is 5.10 Å². The summed E-state index contributed by atoms with van der Waals surface area (Å²) in [5.41, 5.74) is 6.15. The third kappa shape index (κ3) is 2.61. The lowest BCUT2D eigenvalue weighted by Gasteiger charge is -2.12. The van der Waals surface area contributed by atoms with Crippen molar-refractivity contribution in [1.29, 1.82) is 0 Å². The van der Waals surface area contributed by atoms with Gasteiger partial charge in [-0.05, 0) is 26.0 Å². The van der Waals surface area contributed by atoms with Crippen LogP contribution in [-0.2, 0) is 12.8 Å². The average molecular weight is 248 g/mol. The van der Waals surface area contributed by atoms with E-state index in [1.807, 2.05) is 16.8 Å². The zero-order valence-electron chi connectivity index (χ0n) is 11.1. The Morgan fingerprint density at radius 1 is 1.39 bits per heavy atom. The molecule has 0 amide bonds. The van der Waals surface area contributed by atoms with Crippen LogP contribution in [0.15, 0.2) is 22.9 Å². The molecule has 1 atom stereocenters. The molecule has 5 nitrogen and oxygen atoms in total. The van der Waals surface area contributed by atoms with E-state index in [4.69, 9.17) is 10.2 Å². The number of rotatable bonds is 5. The van der Waals surface area contributed by atoms with E-state index < -0.39 is 0 Å². The SMILES string of the molecule is CCc1ccc(C(N)Cc2ncnn2C(C)C)o1. The summed E-state index contributed by atoms with van der Waals surface area (Å²) in [5.74, 6) is 2.67. The zero-order valence-corrected chi connectivity index (χ0v) is 11.1. The van der Waals surface area contributed by atoms with Crippen molar-refractivity contribution < 1.29 is 4.42 Å². The smallest absolute Gasteiger partial charge is 0.138 e.